The Morgan fingerprint density at radius 2 is 1.83 bits per heavy atom. The number of cyclic esters (lactones) is 1. The molecule has 0 radical (unpaired) electrons. The fraction of sp³-hybridized carbons (Fsp3) is 0.333. The summed E-state index contributed by atoms with van der Waals surface area (Å²) in [6, 6.07) is 15.7. The smallest absolute Gasteiger partial charge is 0.339 e. The van der Waals surface area contributed by atoms with E-state index in [2.05, 4.69) is 29.4 Å². The summed E-state index contributed by atoms with van der Waals surface area (Å²) in [5, 5.41) is 1.27. The lowest BCUT2D eigenvalue weighted by Gasteiger charge is -2.40. The average molecular weight is 388 g/mol. The van der Waals surface area contributed by atoms with Gasteiger partial charge < -0.3 is 14.6 Å². The van der Waals surface area contributed by atoms with Crippen molar-refractivity contribution in [3.05, 3.63) is 71.4 Å². The maximum Gasteiger partial charge on any atom is 0.339 e. The molecule has 1 saturated heterocycles. The van der Waals surface area contributed by atoms with Gasteiger partial charge in [0.1, 0.15) is 0 Å². The third kappa shape index (κ3) is 3.01. The molecule has 2 aliphatic heterocycles. The zero-order valence-corrected chi connectivity index (χ0v) is 16.5. The maximum absolute atomic E-state index is 13.3. The van der Waals surface area contributed by atoms with Crippen molar-refractivity contribution in [2.24, 2.45) is 0 Å². The second kappa shape index (κ2) is 6.76. The van der Waals surface area contributed by atoms with Gasteiger partial charge in [-0.05, 0) is 48.9 Å². The van der Waals surface area contributed by atoms with Crippen LogP contribution in [0, 0.1) is 0 Å². The van der Waals surface area contributed by atoms with Crippen LogP contribution in [0.5, 0.6) is 0 Å². The van der Waals surface area contributed by atoms with Crippen molar-refractivity contribution in [1.29, 1.82) is 0 Å². The Kier molecular flexibility index (Phi) is 4.19. The number of nitrogens with one attached hydrogen (secondary N) is 1. The normalized spacial score (nSPS) is 22.4. The van der Waals surface area contributed by atoms with Gasteiger partial charge in [-0.15, -0.1) is 0 Å². The lowest BCUT2D eigenvalue weighted by Crippen LogP contribution is -2.54. The predicted octanol–water partition coefficient (Wildman–Crippen LogP) is 4.05. The quantitative estimate of drug-likeness (QED) is 0.674. The number of piperidine rings is 1. The van der Waals surface area contributed by atoms with Crippen LogP contribution in [0.3, 0.4) is 0 Å². The minimum Gasteiger partial charge on any atom is -0.445 e. The summed E-state index contributed by atoms with van der Waals surface area (Å²) in [5.74, 6) is -0.0632. The number of H-pyrrole nitrogens is 1. The molecule has 1 N–H and O–H groups in total. The molecule has 5 rings (SSSR count). The highest BCUT2D eigenvalue weighted by molar-refractivity contribution is 5.97. The molecule has 1 amide bonds. The third-order valence-electron chi connectivity index (χ3n) is 6.38. The fourth-order valence-electron chi connectivity index (χ4n) is 4.81. The first-order valence-corrected chi connectivity index (χ1v) is 10.2. The van der Waals surface area contributed by atoms with Gasteiger partial charge >= 0.3 is 5.97 Å². The van der Waals surface area contributed by atoms with Crippen molar-refractivity contribution in [3.63, 3.8) is 0 Å². The van der Waals surface area contributed by atoms with E-state index in [9.17, 15) is 9.59 Å². The molecular formula is C24H24N2O3. The molecule has 148 valence electrons. The van der Waals surface area contributed by atoms with E-state index >= 15 is 0 Å². The number of aromatic nitrogens is 1. The molecule has 3 heterocycles. The number of para-hydroxylation sites is 1. The van der Waals surface area contributed by atoms with Crippen LogP contribution in [0.25, 0.3) is 10.9 Å². The van der Waals surface area contributed by atoms with Gasteiger partial charge in [0, 0.05) is 36.6 Å². The third-order valence-corrected chi connectivity index (χ3v) is 6.38. The van der Waals surface area contributed by atoms with E-state index in [0.717, 1.165) is 23.9 Å². The molecular weight excluding hydrogens is 364 g/mol. The summed E-state index contributed by atoms with van der Waals surface area (Å²) in [4.78, 5) is 30.9. The van der Waals surface area contributed by atoms with E-state index in [1.807, 2.05) is 29.2 Å². The van der Waals surface area contributed by atoms with Crippen molar-refractivity contribution in [2.75, 3.05) is 13.1 Å². The van der Waals surface area contributed by atoms with Gasteiger partial charge in [0.05, 0.1) is 5.56 Å². The molecule has 2 aromatic carbocycles. The van der Waals surface area contributed by atoms with Crippen LogP contribution in [-0.2, 0) is 16.0 Å². The number of rotatable bonds is 2. The van der Waals surface area contributed by atoms with Gasteiger partial charge in [-0.2, -0.15) is 0 Å². The maximum atomic E-state index is 13.3. The monoisotopic (exact) mass is 388 g/mol. The van der Waals surface area contributed by atoms with Crippen molar-refractivity contribution >= 4 is 22.8 Å². The number of carbonyl (C=O) groups excluding carboxylic acids is 2. The number of hydrogen-bond acceptors (Lipinski definition) is 3. The molecule has 1 aromatic heterocycles. The highest BCUT2D eigenvalue weighted by atomic mass is 16.6. The van der Waals surface area contributed by atoms with Crippen molar-refractivity contribution < 1.29 is 14.3 Å². The number of amides is 1. The van der Waals surface area contributed by atoms with Crippen LogP contribution in [-0.4, -0.2) is 40.5 Å². The van der Waals surface area contributed by atoms with Crippen LogP contribution in [0.4, 0.5) is 0 Å². The molecule has 1 atom stereocenters. The molecule has 3 aromatic rings. The van der Waals surface area contributed by atoms with Crippen LogP contribution in [0.15, 0.2) is 54.7 Å². The summed E-state index contributed by atoms with van der Waals surface area (Å²) in [6.45, 7) is 3.10. The number of fused-ring (bicyclic) bond motifs is 2. The SMILES string of the molecule is CC1(C(=O)N2CCC(c3c[nH]c4ccccc34)CC2)Cc2ccccc2C(=O)O1. The number of nitrogens with zero attached hydrogens (tertiary/aromatic N) is 1. The van der Waals surface area contributed by atoms with Gasteiger partial charge in [-0.25, -0.2) is 4.79 Å². The molecule has 1 unspecified atom stereocenters. The van der Waals surface area contributed by atoms with E-state index in [1.54, 1.807) is 13.0 Å². The van der Waals surface area contributed by atoms with Crippen LogP contribution < -0.4 is 0 Å². The van der Waals surface area contributed by atoms with E-state index in [0.29, 0.717) is 31.0 Å². The summed E-state index contributed by atoms with van der Waals surface area (Å²) in [6.07, 6.45) is 4.35. The van der Waals surface area contributed by atoms with Gasteiger partial charge in [-0.3, -0.25) is 4.79 Å². The molecule has 5 heteroatoms. The number of aromatic amines is 1. The highest BCUT2D eigenvalue weighted by Crippen LogP contribution is 2.35. The van der Waals surface area contributed by atoms with Crippen molar-refractivity contribution in [1.82, 2.24) is 9.88 Å². The minimum absolute atomic E-state index is 0.0854. The zero-order valence-electron chi connectivity index (χ0n) is 16.5. The predicted molar refractivity (Wildman–Crippen MR) is 111 cm³/mol. The Bertz CT molecular complexity index is 1090. The van der Waals surface area contributed by atoms with E-state index in [-0.39, 0.29) is 5.91 Å². The van der Waals surface area contributed by atoms with Crippen molar-refractivity contribution in [3.8, 4) is 0 Å². The highest BCUT2D eigenvalue weighted by Gasteiger charge is 2.45. The molecule has 1 fully saturated rings. The first kappa shape index (κ1) is 18.0. The fourth-order valence-corrected chi connectivity index (χ4v) is 4.81. The summed E-state index contributed by atoms with van der Waals surface area (Å²) >= 11 is 0. The zero-order chi connectivity index (χ0) is 20.0. The molecule has 0 aliphatic carbocycles. The lowest BCUT2D eigenvalue weighted by atomic mass is 9.86. The van der Waals surface area contributed by atoms with Crippen molar-refractivity contribution in [2.45, 2.75) is 37.7 Å². The summed E-state index contributed by atoms with van der Waals surface area (Å²) in [5.41, 5.74) is 2.81. The van der Waals surface area contributed by atoms with E-state index < -0.39 is 11.6 Å². The number of hydrogen-bond donors (Lipinski definition) is 1. The molecule has 29 heavy (non-hydrogen) atoms. The second-order valence-electron chi connectivity index (χ2n) is 8.31. The number of carbonyl (C=O) groups is 2. The van der Waals surface area contributed by atoms with Gasteiger partial charge in [0.25, 0.3) is 5.91 Å². The first-order chi connectivity index (χ1) is 14.0. The average Bonchev–Trinajstić information content (AvgIpc) is 3.17. The number of benzene rings is 2. The molecule has 2 aliphatic rings. The molecule has 0 spiro atoms. The Hall–Kier alpha value is -3.08. The lowest BCUT2D eigenvalue weighted by molar-refractivity contribution is -0.152. The van der Waals surface area contributed by atoms with Crippen LogP contribution in [0.1, 0.15) is 47.2 Å². The Morgan fingerprint density at radius 3 is 2.66 bits per heavy atom. The number of likely N-dealkylation sites (tertiary alicyclic amines) is 1. The van der Waals surface area contributed by atoms with E-state index in [1.165, 1.54) is 10.9 Å². The minimum atomic E-state index is -1.13. The Labute approximate surface area is 169 Å². The van der Waals surface area contributed by atoms with Gasteiger partial charge in [0.15, 0.2) is 5.60 Å². The standard InChI is InChI=1S/C24H24N2O3/c1-24(14-17-6-2-3-7-18(17)22(27)29-24)23(28)26-12-10-16(11-13-26)20-15-25-21-9-5-4-8-19(20)21/h2-9,15-16,25H,10-14H2,1H3. The largest absolute Gasteiger partial charge is 0.445 e. The molecule has 0 saturated carbocycles. The van der Waals surface area contributed by atoms with E-state index in [4.69, 9.17) is 4.74 Å². The number of ether oxygens (including phenoxy) is 1. The Morgan fingerprint density at radius 1 is 1.10 bits per heavy atom. The first-order valence-electron chi connectivity index (χ1n) is 10.2. The van der Waals surface area contributed by atoms with Gasteiger partial charge in [-0.1, -0.05) is 36.4 Å². The molecule has 0 bridgehead atoms. The Balaban J connectivity index is 1.31. The molecule has 5 nitrogen and oxygen atoms in total. The topological polar surface area (TPSA) is 62.4 Å². The van der Waals surface area contributed by atoms with Gasteiger partial charge in [0.2, 0.25) is 0 Å². The van der Waals surface area contributed by atoms with Crippen LogP contribution in [0.2, 0.25) is 0 Å². The van der Waals surface area contributed by atoms with Crippen LogP contribution >= 0.6 is 0 Å². The summed E-state index contributed by atoms with van der Waals surface area (Å²) < 4.78 is 5.64. The number of esters is 1. The summed E-state index contributed by atoms with van der Waals surface area (Å²) in [7, 11) is 0. The second-order valence-corrected chi connectivity index (χ2v) is 8.31.